The van der Waals surface area contributed by atoms with Gasteiger partial charge >= 0.3 is 5.97 Å². The van der Waals surface area contributed by atoms with Crippen LogP contribution in [0.1, 0.15) is 41.4 Å². The fraction of sp³-hybridized carbons (Fsp3) is 0.379. The Morgan fingerprint density at radius 1 is 1.16 bits per heavy atom. The minimum absolute atomic E-state index is 0.264. The highest BCUT2D eigenvalue weighted by Crippen LogP contribution is 2.27. The zero-order chi connectivity index (χ0) is 30.3. The average Bonchev–Trinajstić information content (AvgIpc) is 3.33. The van der Waals surface area contributed by atoms with Gasteiger partial charge in [0.2, 0.25) is 11.9 Å². The maximum absolute atomic E-state index is 12.8. The van der Waals surface area contributed by atoms with Crippen LogP contribution in [0.2, 0.25) is 0 Å². The molecule has 5 rings (SSSR count). The molecule has 0 atom stereocenters. The second-order valence-corrected chi connectivity index (χ2v) is 11.3. The SMILES string of the molecule is CCOC(=O)c1cc(CNCC2CCN(c3nccc(/C=C4\SC(=O)NC4=O)n3)CC2)cnc1-c1cnc(N(C)C)nc1. The van der Waals surface area contributed by atoms with Gasteiger partial charge in [-0.1, -0.05) is 0 Å². The quantitative estimate of drug-likeness (QED) is 0.258. The second-order valence-electron chi connectivity index (χ2n) is 10.3. The maximum atomic E-state index is 12.8. The molecule has 0 bridgehead atoms. The Morgan fingerprint density at radius 3 is 2.60 bits per heavy atom. The van der Waals surface area contributed by atoms with Crippen molar-refractivity contribution in [1.29, 1.82) is 0 Å². The molecule has 0 spiro atoms. The maximum Gasteiger partial charge on any atom is 0.340 e. The van der Waals surface area contributed by atoms with E-state index < -0.39 is 11.9 Å². The van der Waals surface area contributed by atoms with E-state index in [9.17, 15) is 14.4 Å². The fourth-order valence-corrected chi connectivity index (χ4v) is 5.45. The van der Waals surface area contributed by atoms with Gasteiger partial charge in [0.25, 0.3) is 11.1 Å². The number of carbonyl (C=O) groups is 3. The summed E-state index contributed by atoms with van der Waals surface area (Å²) in [5, 5.41) is 5.38. The number of aromatic nitrogens is 5. The van der Waals surface area contributed by atoms with Crippen LogP contribution >= 0.6 is 11.8 Å². The highest BCUT2D eigenvalue weighted by molar-refractivity contribution is 8.18. The Hall–Kier alpha value is -4.43. The first kappa shape index (κ1) is 30.0. The van der Waals surface area contributed by atoms with Crippen molar-refractivity contribution in [3.8, 4) is 11.3 Å². The van der Waals surface area contributed by atoms with Gasteiger partial charge in [-0.15, -0.1) is 0 Å². The summed E-state index contributed by atoms with van der Waals surface area (Å²) in [6.07, 6.45) is 10.3. The number of pyridine rings is 1. The molecule has 2 amide bonds. The number of esters is 1. The van der Waals surface area contributed by atoms with Crippen LogP contribution in [0.15, 0.2) is 41.8 Å². The van der Waals surface area contributed by atoms with Crippen LogP contribution in [0.3, 0.4) is 0 Å². The minimum Gasteiger partial charge on any atom is -0.462 e. The van der Waals surface area contributed by atoms with Gasteiger partial charge in [0.15, 0.2) is 0 Å². The highest BCUT2D eigenvalue weighted by Gasteiger charge is 2.26. The number of nitrogens with one attached hydrogen (secondary N) is 2. The Morgan fingerprint density at radius 2 is 1.93 bits per heavy atom. The molecule has 2 N–H and O–H groups in total. The van der Waals surface area contributed by atoms with Crippen LogP contribution < -0.4 is 20.4 Å². The number of rotatable bonds is 10. The van der Waals surface area contributed by atoms with Gasteiger partial charge < -0.3 is 19.9 Å². The fourth-order valence-electron chi connectivity index (χ4n) is 4.78. The third-order valence-corrected chi connectivity index (χ3v) is 7.81. The number of amides is 2. The van der Waals surface area contributed by atoms with Gasteiger partial charge in [0, 0.05) is 64.1 Å². The van der Waals surface area contributed by atoms with Crippen molar-refractivity contribution >= 4 is 46.9 Å². The van der Waals surface area contributed by atoms with Crippen molar-refractivity contribution in [2.24, 2.45) is 5.92 Å². The smallest absolute Gasteiger partial charge is 0.340 e. The molecule has 14 heteroatoms. The molecule has 2 fully saturated rings. The normalized spacial score (nSPS) is 16.4. The predicted molar refractivity (Wildman–Crippen MR) is 163 cm³/mol. The molecule has 0 radical (unpaired) electrons. The van der Waals surface area contributed by atoms with Crippen molar-refractivity contribution in [3.05, 3.63) is 58.6 Å². The molecule has 5 heterocycles. The molecule has 3 aromatic heterocycles. The van der Waals surface area contributed by atoms with E-state index in [4.69, 9.17) is 4.74 Å². The molecule has 3 aromatic rings. The third-order valence-electron chi connectivity index (χ3n) is 7.00. The van der Waals surface area contributed by atoms with E-state index in [1.807, 2.05) is 20.2 Å². The zero-order valence-electron chi connectivity index (χ0n) is 24.2. The molecule has 13 nitrogen and oxygen atoms in total. The number of carbonyl (C=O) groups excluding carboxylic acids is 3. The Bertz CT molecular complexity index is 1520. The van der Waals surface area contributed by atoms with Gasteiger partial charge in [-0.2, -0.15) is 0 Å². The summed E-state index contributed by atoms with van der Waals surface area (Å²) in [5.74, 6) is 0.804. The number of thioether (sulfide) groups is 1. The van der Waals surface area contributed by atoms with Crippen molar-refractivity contribution in [1.82, 2.24) is 35.6 Å². The van der Waals surface area contributed by atoms with E-state index in [1.165, 1.54) is 0 Å². The van der Waals surface area contributed by atoms with Crippen LogP contribution in [0.5, 0.6) is 0 Å². The van der Waals surface area contributed by atoms with Crippen LogP contribution in [-0.4, -0.2) is 82.4 Å². The number of hydrogen-bond acceptors (Lipinski definition) is 13. The first-order chi connectivity index (χ1) is 20.8. The number of piperidine rings is 1. The predicted octanol–water partition coefficient (Wildman–Crippen LogP) is 2.90. The topological polar surface area (TPSA) is 155 Å². The van der Waals surface area contributed by atoms with Crippen LogP contribution in [0.4, 0.5) is 16.7 Å². The summed E-state index contributed by atoms with van der Waals surface area (Å²) in [6, 6.07) is 3.53. The minimum atomic E-state index is -0.433. The average molecular weight is 604 g/mol. The largest absolute Gasteiger partial charge is 0.462 e. The molecule has 2 aliphatic heterocycles. The molecular formula is C29H33N9O4S. The summed E-state index contributed by atoms with van der Waals surface area (Å²) < 4.78 is 5.30. The molecule has 224 valence electrons. The van der Waals surface area contributed by atoms with Gasteiger partial charge in [-0.25, -0.2) is 24.7 Å². The van der Waals surface area contributed by atoms with Crippen molar-refractivity contribution in [2.75, 3.05) is 50.1 Å². The number of anilines is 2. The third kappa shape index (κ3) is 7.51. The number of nitrogens with zero attached hydrogens (tertiary/aromatic N) is 7. The summed E-state index contributed by atoms with van der Waals surface area (Å²) in [4.78, 5) is 62.6. The number of imide groups is 1. The first-order valence-electron chi connectivity index (χ1n) is 14.0. The summed E-state index contributed by atoms with van der Waals surface area (Å²) >= 11 is 0.868. The standard InChI is InChI=1S/C29H33N9O4S/c1-4-42-26(40)22-11-19(15-32-24(22)20-16-33-27(34-17-20)37(2)3)14-30-13-18-6-9-38(10-7-18)28-31-8-5-21(35-28)12-23-25(39)36-29(41)43-23/h5,8,11-12,15-18,30H,4,6-7,9-10,13-14H2,1-3H3,(H,36,39,41)/b23-12-. The van der Waals surface area contributed by atoms with Gasteiger partial charge in [0.1, 0.15) is 0 Å². The zero-order valence-corrected chi connectivity index (χ0v) is 25.1. The lowest BCUT2D eigenvalue weighted by Gasteiger charge is -2.32. The monoisotopic (exact) mass is 603 g/mol. The summed E-state index contributed by atoms with van der Waals surface area (Å²) in [7, 11) is 3.72. The van der Waals surface area contributed by atoms with Crippen molar-refractivity contribution in [3.63, 3.8) is 0 Å². The van der Waals surface area contributed by atoms with Gasteiger partial charge in [-0.05, 0) is 67.8 Å². The van der Waals surface area contributed by atoms with Crippen LogP contribution in [-0.2, 0) is 16.1 Å². The van der Waals surface area contributed by atoms with Gasteiger partial charge in [-0.3, -0.25) is 19.9 Å². The Kier molecular flexibility index (Phi) is 9.57. The number of ether oxygens (including phenoxy) is 1. The van der Waals surface area contributed by atoms with E-state index in [0.717, 1.165) is 49.8 Å². The van der Waals surface area contributed by atoms with Crippen molar-refractivity contribution in [2.45, 2.75) is 26.3 Å². The summed E-state index contributed by atoms with van der Waals surface area (Å²) in [5.41, 5.74) is 2.98. The second kappa shape index (κ2) is 13.7. The molecular weight excluding hydrogens is 570 g/mol. The molecule has 43 heavy (non-hydrogen) atoms. The van der Waals surface area contributed by atoms with Crippen LogP contribution in [0.25, 0.3) is 17.3 Å². The molecule has 0 aliphatic carbocycles. The lowest BCUT2D eigenvalue weighted by atomic mass is 9.97. The molecule has 0 aromatic carbocycles. The van der Waals surface area contributed by atoms with E-state index in [1.54, 1.807) is 48.8 Å². The molecule has 2 aliphatic rings. The lowest BCUT2D eigenvalue weighted by Crippen LogP contribution is -2.38. The van der Waals surface area contributed by atoms with Gasteiger partial charge in [0.05, 0.1) is 28.5 Å². The molecule has 2 saturated heterocycles. The Labute approximate surface area is 253 Å². The highest BCUT2D eigenvalue weighted by atomic mass is 32.2. The first-order valence-corrected chi connectivity index (χ1v) is 14.8. The van der Waals surface area contributed by atoms with E-state index in [2.05, 4.69) is 40.5 Å². The summed E-state index contributed by atoms with van der Waals surface area (Å²) in [6.45, 7) is 5.02. The van der Waals surface area contributed by atoms with E-state index >= 15 is 0 Å². The number of hydrogen-bond donors (Lipinski definition) is 2. The molecule has 0 unspecified atom stereocenters. The lowest BCUT2D eigenvalue weighted by molar-refractivity contribution is -0.115. The Balaban J connectivity index is 1.16. The van der Waals surface area contributed by atoms with Crippen molar-refractivity contribution < 1.29 is 19.1 Å². The van der Waals surface area contributed by atoms with Crippen LogP contribution in [0, 0.1) is 5.92 Å². The molecule has 0 saturated carbocycles. The van der Waals surface area contributed by atoms with E-state index in [0.29, 0.717) is 51.8 Å². The van der Waals surface area contributed by atoms with E-state index in [-0.39, 0.29) is 11.8 Å².